The van der Waals surface area contributed by atoms with Gasteiger partial charge in [-0.15, -0.1) is 10.2 Å². The third-order valence-electron chi connectivity index (χ3n) is 2.76. The molecule has 0 bridgehead atoms. The van der Waals surface area contributed by atoms with Crippen LogP contribution < -0.4 is 5.73 Å². The Kier molecular flexibility index (Phi) is 3.04. The van der Waals surface area contributed by atoms with Gasteiger partial charge in [-0.2, -0.15) is 0 Å². The molecular formula is C9H14N4O2S. The van der Waals surface area contributed by atoms with Crippen molar-refractivity contribution in [2.24, 2.45) is 5.92 Å². The van der Waals surface area contributed by atoms with E-state index >= 15 is 0 Å². The summed E-state index contributed by atoms with van der Waals surface area (Å²) >= 11 is 1.17. The first kappa shape index (κ1) is 11.3. The van der Waals surface area contributed by atoms with Crippen LogP contribution in [0.1, 0.15) is 25.8 Å². The second-order valence-electron chi connectivity index (χ2n) is 3.86. The maximum atomic E-state index is 10.5. The molecule has 1 aliphatic carbocycles. The van der Waals surface area contributed by atoms with E-state index in [1.165, 1.54) is 11.8 Å². The summed E-state index contributed by atoms with van der Waals surface area (Å²) in [7, 11) is 0. The van der Waals surface area contributed by atoms with E-state index in [9.17, 15) is 4.79 Å². The van der Waals surface area contributed by atoms with Crippen LogP contribution >= 0.6 is 11.8 Å². The van der Waals surface area contributed by atoms with E-state index in [-0.39, 0.29) is 5.75 Å². The molecule has 1 aromatic rings. The first-order chi connectivity index (χ1) is 7.63. The molecule has 0 radical (unpaired) electrons. The fourth-order valence-corrected chi connectivity index (χ4v) is 2.53. The van der Waals surface area contributed by atoms with Gasteiger partial charge in [-0.1, -0.05) is 25.1 Å². The number of aliphatic carboxylic acids is 1. The summed E-state index contributed by atoms with van der Waals surface area (Å²) in [4.78, 5) is 10.5. The highest BCUT2D eigenvalue weighted by atomic mass is 32.2. The summed E-state index contributed by atoms with van der Waals surface area (Å²) in [5.74, 6) is 0.138. The van der Waals surface area contributed by atoms with Crippen molar-refractivity contribution in [3.8, 4) is 0 Å². The molecule has 88 valence electrons. The number of carboxylic acid groups (broad SMARTS) is 1. The highest BCUT2D eigenvalue weighted by Crippen LogP contribution is 2.47. The van der Waals surface area contributed by atoms with Gasteiger partial charge in [0.05, 0.1) is 5.75 Å². The van der Waals surface area contributed by atoms with Crippen molar-refractivity contribution in [2.45, 2.75) is 31.0 Å². The standard InChI is InChI=1S/C9H14N4O2S/c1-2-5-3-6(5)13-8(10)11-12-9(13)16-4-7(14)15/h5-6H,2-4H2,1H3,(H2,10,11)(H,14,15). The van der Waals surface area contributed by atoms with Crippen molar-refractivity contribution < 1.29 is 9.90 Å². The Morgan fingerprint density at radius 1 is 1.69 bits per heavy atom. The molecule has 1 saturated carbocycles. The van der Waals surface area contributed by atoms with Gasteiger partial charge in [0.15, 0.2) is 5.16 Å². The highest BCUT2D eigenvalue weighted by molar-refractivity contribution is 7.99. The Labute approximate surface area is 97.2 Å². The van der Waals surface area contributed by atoms with Gasteiger partial charge in [-0.3, -0.25) is 9.36 Å². The third kappa shape index (κ3) is 2.13. The molecule has 7 heteroatoms. The summed E-state index contributed by atoms with van der Waals surface area (Å²) < 4.78 is 1.86. The van der Waals surface area contributed by atoms with Crippen LogP contribution in [0.2, 0.25) is 0 Å². The lowest BCUT2D eigenvalue weighted by Crippen LogP contribution is -2.05. The zero-order valence-electron chi connectivity index (χ0n) is 8.96. The smallest absolute Gasteiger partial charge is 0.313 e. The van der Waals surface area contributed by atoms with Gasteiger partial charge >= 0.3 is 5.97 Å². The van der Waals surface area contributed by atoms with E-state index < -0.39 is 5.97 Å². The molecule has 2 unspecified atom stereocenters. The summed E-state index contributed by atoms with van der Waals surface area (Å²) in [5.41, 5.74) is 5.73. The van der Waals surface area contributed by atoms with Gasteiger partial charge in [0, 0.05) is 6.04 Å². The molecule has 0 aromatic carbocycles. The minimum absolute atomic E-state index is 0.0123. The maximum Gasteiger partial charge on any atom is 0.313 e. The first-order valence-electron chi connectivity index (χ1n) is 5.18. The number of rotatable bonds is 5. The second kappa shape index (κ2) is 4.32. The predicted octanol–water partition coefficient (Wildman–Crippen LogP) is 1.01. The molecule has 16 heavy (non-hydrogen) atoms. The topological polar surface area (TPSA) is 94.0 Å². The molecule has 3 N–H and O–H groups in total. The molecule has 2 rings (SSSR count). The second-order valence-corrected chi connectivity index (χ2v) is 4.81. The van der Waals surface area contributed by atoms with Gasteiger partial charge in [0.2, 0.25) is 5.95 Å². The molecule has 2 atom stereocenters. The van der Waals surface area contributed by atoms with Crippen molar-refractivity contribution in [3.63, 3.8) is 0 Å². The Balaban J connectivity index is 2.10. The lowest BCUT2D eigenvalue weighted by molar-refractivity contribution is -0.133. The number of aromatic nitrogens is 3. The SMILES string of the molecule is CCC1CC1n1c(N)nnc1SCC(=O)O. The number of nitrogens with zero attached hydrogens (tertiary/aromatic N) is 3. The van der Waals surface area contributed by atoms with E-state index in [4.69, 9.17) is 10.8 Å². The van der Waals surface area contributed by atoms with Gasteiger partial charge in [0.1, 0.15) is 0 Å². The van der Waals surface area contributed by atoms with Gasteiger partial charge in [0.25, 0.3) is 0 Å². The fraction of sp³-hybridized carbons (Fsp3) is 0.667. The molecule has 0 amide bonds. The van der Waals surface area contributed by atoms with Crippen molar-refractivity contribution in [3.05, 3.63) is 0 Å². The fourth-order valence-electron chi connectivity index (χ4n) is 1.81. The van der Waals surface area contributed by atoms with E-state index in [1.54, 1.807) is 0 Å². The Morgan fingerprint density at radius 2 is 2.44 bits per heavy atom. The number of nitrogens with two attached hydrogens (primary N) is 1. The van der Waals surface area contributed by atoms with Crippen LogP contribution in [-0.4, -0.2) is 31.6 Å². The highest BCUT2D eigenvalue weighted by Gasteiger charge is 2.39. The van der Waals surface area contributed by atoms with Gasteiger partial charge < -0.3 is 10.8 Å². The van der Waals surface area contributed by atoms with Crippen molar-refractivity contribution >= 4 is 23.7 Å². The van der Waals surface area contributed by atoms with Gasteiger partial charge in [-0.25, -0.2) is 0 Å². The summed E-state index contributed by atoms with van der Waals surface area (Å²) in [6.45, 7) is 2.13. The van der Waals surface area contributed by atoms with Crippen LogP contribution in [-0.2, 0) is 4.79 Å². The minimum atomic E-state index is -0.860. The molecule has 0 aliphatic heterocycles. The Morgan fingerprint density at radius 3 is 3.00 bits per heavy atom. The van der Waals surface area contributed by atoms with Gasteiger partial charge in [-0.05, 0) is 12.3 Å². The number of nitrogen functional groups attached to an aromatic ring is 1. The predicted molar refractivity (Wildman–Crippen MR) is 60.2 cm³/mol. The third-order valence-corrected chi connectivity index (χ3v) is 3.68. The number of anilines is 1. The molecule has 1 aliphatic rings. The van der Waals surface area contributed by atoms with Crippen molar-refractivity contribution in [2.75, 3.05) is 11.5 Å². The largest absolute Gasteiger partial charge is 0.481 e. The zero-order chi connectivity index (χ0) is 11.7. The quantitative estimate of drug-likeness (QED) is 0.748. The van der Waals surface area contributed by atoms with Crippen LogP contribution in [0.15, 0.2) is 5.16 Å². The van der Waals surface area contributed by atoms with Crippen LogP contribution in [0.3, 0.4) is 0 Å². The summed E-state index contributed by atoms with van der Waals surface area (Å²) in [6.07, 6.45) is 2.19. The zero-order valence-corrected chi connectivity index (χ0v) is 9.78. The molecule has 0 saturated heterocycles. The van der Waals surface area contributed by atoms with Crippen LogP contribution in [0.5, 0.6) is 0 Å². The number of hydrogen-bond acceptors (Lipinski definition) is 5. The lowest BCUT2D eigenvalue weighted by atomic mass is 10.3. The van der Waals surface area contributed by atoms with Crippen LogP contribution in [0.25, 0.3) is 0 Å². The molecule has 0 spiro atoms. The van der Waals surface area contributed by atoms with Crippen molar-refractivity contribution in [1.82, 2.24) is 14.8 Å². The molecular weight excluding hydrogens is 228 g/mol. The molecule has 1 fully saturated rings. The van der Waals surface area contributed by atoms with Crippen LogP contribution in [0.4, 0.5) is 5.95 Å². The monoisotopic (exact) mass is 242 g/mol. The molecule has 1 heterocycles. The number of hydrogen-bond donors (Lipinski definition) is 2. The minimum Gasteiger partial charge on any atom is -0.481 e. The Hall–Kier alpha value is -1.24. The average molecular weight is 242 g/mol. The lowest BCUT2D eigenvalue weighted by Gasteiger charge is -2.05. The summed E-state index contributed by atoms with van der Waals surface area (Å²) in [6, 6.07) is 0.358. The molecule has 6 nitrogen and oxygen atoms in total. The maximum absolute atomic E-state index is 10.5. The first-order valence-corrected chi connectivity index (χ1v) is 6.17. The van der Waals surface area contributed by atoms with E-state index in [1.807, 2.05) is 4.57 Å². The van der Waals surface area contributed by atoms with E-state index in [0.29, 0.717) is 23.1 Å². The molecule has 1 aromatic heterocycles. The Bertz CT molecular complexity index is 406. The normalized spacial score (nSPS) is 23.3. The van der Waals surface area contributed by atoms with Crippen molar-refractivity contribution in [1.29, 1.82) is 0 Å². The van der Waals surface area contributed by atoms with E-state index in [2.05, 4.69) is 17.1 Å². The number of carbonyl (C=O) groups is 1. The van der Waals surface area contributed by atoms with Crippen LogP contribution in [0, 0.1) is 5.92 Å². The van der Waals surface area contributed by atoms with E-state index in [0.717, 1.165) is 12.8 Å². The average Bonchev–Trinajstić information content (AvgIpc) is 2.92. The number of thioether (sulfide) groups is 1. The summed E-state index contributed by atoms with van der Waals surface area (Å²) in [5, 5.41) is 16.9. The number of carboxylic acids is 1.